The van der Waals surface area contributed by atoms with E-state index in [0.717, 1.165) is 6.42 Å². The highest BCUT2D eigenvalue weighted by Crippen LogP contribution is 2.36. The molecule has 0 bridgehead atoms. The van der Waals surface area contributed by atoms with Crippen LogP contribution in [0, 0.1) is 6.92 Å². The number of benzene rings is 1. The lowest BCUT2D eigenvalue weighted by Gasteiger charge is -2.31. The number of nitrogens with zero attached hydrogens (tertiary/aromatic N) is 4. The highest BCUT2D eigenvalue weighted by molar-refractivity contribution is 7.89. The van der Waals surface area contributed by atoms with Gasteiger partial charge in [-0.15, -0.1) is 0 Å². The van der Waals surface area contributed by atoms with Crippen LogP contribution >= 0.6 is 0 Å². The van der Waals surface area contributed by atoms with Crippen LogP contribution in [0.4, 0.5) is 0 Å². The monoisotopic (exact) mass is 449 g/mol. The number of aryl methyl sites for hydroxylation is 2. The van der Waals surface area contributed by atoms with E-state index in [2.05, 4.69) is 10.00 Å². The van der Waals surface area contributed by atoms with Gasteiger partial charge in [-0.1, -0.05) is 6.92 Å². The second-order valence-electron chi connectivity index (χ2n) is 7.69. The lowest BCUT2D eigenvalue weighted by Crippen LogP contribution is -2.47. The second-order valence-corrected chi connectivity index (χ2v) is 9.63. The molecular formula is C21H31N5O4S. The van der Waals surface area contributed by atoms with Crippen molar-refractivity contribution in [3.8, 4) is 17.0 Å². The summed E-state index contributed by atoms with van der Waals surface area (Å²) in [6.07, 6.45) is 0.787. The van der Waals surface area contributed by atoms with Gasteiger partial charge in [-0.05, 0) is 45.5 Å². The topological polar surface area (TPSA) is 111 Å². The molecule has 0 radical (unpaired) electrons. The minimum atomic E-state index is -3.69. The molecule has 1 aromatic carbocycles. The molecule has 170 valence electrons. The molecular weight excluding hydrogens is 418 g/mol. The third-order valence-electron chi connectivity index (χ3n) is 5.42. The fourth-order valence-electron chi connectivity index (χ4n) is 3.84. The van der Waals surface area contributed by atoms with Crippen LogP contribution in [0.3, 0.4) is 0 Å². The first kappa shape index (κ1) is 23.2. The van der Waals surface area contributed by atoms with E-state index in [1.807, 2.05) is 20.9 Å². The summed E-state index contributed by atoms with van der Waals surface area (Å²) >= 11 is 0. The number of amides is 1. The van der Waals surface area contributed by atoms with Gasteiger partial charge in [-0.3, -0.25) is 9.48 Å². The predicted molar refractivity (Wildman–Crippen MR) is 119 cm³/mol. The largest absolute Gasteiger partial charge is 0.493 e. The molecule has 9 nitrogen and oxygen atoms in total. The van der Waals surface area contributed by atoms with Crippen molar-refractivity contribution in [2.24, 2.45) is 5.73 Å². The van der Waals surface area contributed by atoms with Gasteiger partial charge in [0.2, 0.25) is 10.0 Å². The molecule has 2 N–H and O–H groups in total. The van der Waals surface area contributed by atoms with Crippen molar-refractivity contribution < 1.29 is 17.9 Å². The average Bonchev–Trinajstić information content (AvgIpc) is 3.05. The second kappa shape index (κ2) is 9.37. The highest BCUT2D eigenvalue weighted by Gasteiger charge is 2.30. The summed E-state index contributed by atoms with van der Waals surface area (Å²) in [5, 5.41) is 4.48. The first-order chi connectivity index (χ1) is 14.7. The molecule has 0 spiro atoms. The van der Waals surface area contributed by atoms with Crippen LogP contribution < -0.4 is 10.5 Å². The summed E-state index contributed by atoms with van der Waals surface area (Å²) in [5.74, 6) is -0.121. The normalized spacial score (nSPS) is 15.9. The highest BCUT2D eigenvalue weighted by atomic mass is 32.2. The Kier molecular flexibility index (Phi) is 7.03. The molecule has 2 heterocycles. The molecule has 10 heteroatoms. The van der Waals surface area contributed by atoms with Crippen molar-refractivity contribution >= 4 is 15.9 Å². The van der Waals surface area contributed by atoms with Crippen molar-refractivity contribution in [1.29, 1.82) is 0 Å². The number of carbonyl (C=O) groups is 1. The van der Waals surface area contributed by atoms with E-state index in [4.69, 9.17) is 10.5 Å². The summed E-state index contributed by atoms with van der Waals surface area (Å²) in [6, 6.07) is 4.78. The standard InChI is InChI=1S/C21H31N5O4S/c1-5-9-26-20(19(21(22)27)15(3)23-26)17-14-16(7-8-18(17)30-6-2)31(28,29)25-12-10-24(4)11-13-25/h7-8,14H,5-6,9-13H2,1-4H3,(H2,22,27). The van der Waals surface area contributed by atoms with E-state index in [0.29, 0.717) is 62.0 Å². The Morgan fingerprint density at radius 2 is 1.87 bits per heavy atom. The average molecular weight is 450 g/mol. The molecule has 2 aromatic rings. The first-order valence-corrected chi connectivity index (χ1v) is 12.0. The van der Waals surface area contributed by atoms with Crippen molar-refractivity contribution in [1.82, 2.24) is 19.0 Å². The Balaban J connectivity index is 2.18. The molecule has 3 rings (SSSR count). The third-order valence-corrected chi connectivity index (χ3v) is 7.31. The Bertz CT molecular complexity index is 1060. The fraction of sp³-hybridized carbons (Fsp3) is 0.524. The number of likely N-dealkylation sites (N-methyl/N-ethyl adjacent to an activating group) is 1. The predicted octanol–water partition coefficient (Wildman–Crippen LogP) is 1.70. The van der Waals surface area contributed by atoms with E-state index in [-0.39, 0.29) is 10.5 Å². The summed E-state index contributed by atoms with van der Waals surface area (Å²) in [4.78, 5) is 14.5. The van der Waals surface area contributed by atoms with E-state index in [9.17, 15) is 13.2 Å². The Hall–Kier alpha value is -2.43. The maximum absolute atomic E-state index is 13.3. The van der Waals surface area contributed by atoms with Gasteiger partial charge < -0.3 is 15.4 Å². The molecule has 0 unspecified atom stereocenters. The molecule has 1 fully saturated rings. The zero-order valence-corrected chi connectivity index (χ0v) is 19.4. The van der Waals surface area contributed by atoms with Gasteiger partial charge >= 0.3 is 0 Å². The van der Waals surface area contributed by atoms with Crippen LogP contribution in [0.15, 0.2) is 23.1 Å². The van der Waals surface area contributed by atoms with Crippen molar-refractivity contribution in [2.45, 2.75) is 38.6 Å². The quantitative estimate of drug-likeness (QED) is 0.657. The lowest BCUT2D eigenvalue weighted by molar-refractivity contribution is 0.100. The van der Waals surface area contributed by atoms with Gasteiger partial charge in [0.05, 0.1) is 28.5 Å². The van der Waals surface area contributed by atoms with Crippen LogP contribution in [0.1, 0.15) is 36.3 Å². The SMILES string of the molecule is CCCn1nc(C)c(C(N)=O)c1-c1cc(S(=O)(=O)N2CCN(C)CC2)ccc1OCC. The van der Waals surface area contributed by atoms with Crippen LogP contribution in [0.25, 0.3) is 11.3 Å². The molecule has 1 amide bonds. The molecule has 0 atom stereocenters. The molecule has 1 aliphatic heterocycles. The number of piperazine rings is 1. The number of hydrogen-bond donors (Lipinski definition) is 1. The molecule has 0 aliphatic carbocycles. The van der Waals surface area contributed by atoms with Gasteiger partial charge in [-0.25, -0.2) is 8.42 Å². The lowest BCUT2D eigenvalue weighted by atomic mass is 10.0. The van der Waals surface area contributed by atoms with E-state index < -0.39 is 15.9 Å². The summed E-state index contributed by atoms with van der Waals surface area (Å²) in [5.41, 5.74) is 7.45. The summed E-state index contributed by atoms with van der Waals surface area (Å²) in [6.45, 7) is 8.75. The van der Waals surface area contributed by atoms with E-state index >= 15 is 0 Å². The smallest absolute Gasteiger partial charge is 0.252 e. The van der Waals surface area contributed by atoms with Crippen molar-refractivity contribution in [2.75, 3.05) is 39.8 Å². The van der Waals surface area contributed by atoms with Crippen molar-refractivity contribution in [3.63, 3.8) is 0 Å². The number of carbonyl (C=O) groups excluding carboxylic acids is 1. The first-order valence-electron chi connectivity index (χ1n) is 10.5. The minimum absolute atomic E-state index is 0.160. The number of sulfonamides is 1. The van der Waals surface area contributed by atoms with Crippen LogP contribution in [0.2, 0.25) is 0 Å². The number of rotatable bonds is 8. The summed E-state index contributed by atoms with van der Waals surface area (Å²) < 4.78 is 35.7. The Morgan fingerprint density at radius 3 is 2.45 bits per heavy atom. The van der Waals surface area contributed by atoms with Gasteiger partial charge in [-0.2, -0.15) is 9.40 Å². The van der Waals surface area contributed by atoms with Gasteiger partial charge in [0.15, 0.2) is 0 Å². The van der Waals surface area contributed by atoms with E-state index in [1.54, 1.807) is 29.8 Å². The van der Waals surface area contributed by atoms with Gasteiger partial charge in [0, 0.05) is 38.3 Å². The molecule has 1 aromatic heterocycles. The molecule has 1 aliphatic rings. The van der Waals surface area contributed by atoms with Crippen LogP contribution in [-0.2, 0) is 16.6 Å². The zero-order chi connectivity index (χ0) is 22.8. The maximum Gasteiger partial charge on any atom is 0.252 e. The summed E-state index contributed by atoms with van der Waals surface area (Å²) in [7, 11) is -1.72. The Morgan fingerprint density at radius 1 is 1.19 bits per heavy atom. The molecule has 1 saturated heterocycles. The maximum atomic E-state index is 13.3. The minimum Gasteiger partial charge on any atom is -0.493 e. The number of hydrogen-bond acceptors (Lipinski definition) is 6. The van der Waals surface area contributed by atoms with Crippen molar-refractivity contribution in [3.05, 3.63) is 29.5 Å². The number of aromatic nitrogens is 2. The number of primary amides is 1. The number of ether oxygens (including phenoxy) is 1. The zero-order valence-electron chi connectivity index (χ0n) is 18.6. The van der Waals surface area contributed by atoms with Crippen LogP contribution in [-0.4, -0.2) is 73.1 Å². The van der Waals surface area contributed by atoms with Gasteiger partial charge in [0.25, 0.3) is 5.91 Å². The van der Waals surface area contributed by atoms with Gasteiger partial charge in [0.1, 0.15) is 5.75 Å². The fourth-order valence-corrected chi connectivity index (χ4v) is 5.29. The molecule has 31 heavy (non-hydrogen) atoms. The number of nitrogens with two attached hydrogens (primary N) is 1. The van der Waals surface area contributed by atoms with Crippen LogP contribution in [0.5, 0.6) is 5.75 Å². The molecule has 0 saturated carbocycles. The third kappa shape index (κ3) is 4.60. The Labute approximate surface area is 183 Å². The van der Waals surface area contributed by atoms with E-state index in [1.165, 1.54) is 4.31 Å².